The maximum Gasteiger partial charge on any atom is 0.244 e. The van der Waals surface area contributed by atoms with Crippen LogP contribution < -0.4 is 11.1 Å². The van der Waals surface area contributed by atoms with Gasteiger partial charge in [0.25, 0.3) is 0 Å². The van der Waals surface area contributed by atoms with Crippen LogP contribution in [0, 0.1) is 11.3 Å². The zero-order valence-corrected chi connectivity index (χ0v) is 10.2. The van der Waals surface area contributed by atoms with Gasteiger partial charge in [-0.25, -0.2) is 0 Å². The van der Waals surface area contributed by atoms with Gasteiger partial charge >= 0.3 is 0 Å². The molecule has 3 N–H and O–H groups in total. The fraction of sp³-hybridized carbons (Fsp3) is 0.333. The second kappa shape index (κ2) is 5.21. The molecule has 5 heteroatoms. The van der Waals surface area contributed by atoms with Gasteiger partial charge in [-0.15, -0.1) is 0 Å². The summed E-state index contributed by atoms with van der Waals surface area (Å²) in [5.41, 5.74) is 7.16. The Labute approximate surface area is 101 Å². The van der Waals surface area contributed by atoms with Gasteiger partial charge in [0.05, 0.1) is 5.56 Å². The van der Waals surface area contributed by atoms with Crippen LogP contribution in [0.1, 0.15) is 12.5 Å². The van der Waals surface area contributed by atoms with E-state index in [4.69, 9.17) is 11.0 Å². The molecule has 5 nitrogen and oxygen atoms in total. The van der Waals surface area contributed by atoms with Crippen LogP contribution >= 0.6 is 0 Å². The zero-order chi connectivity index (χ0) is 13.0. The predicted octanol–water partition coefficient (Wildman–Crippen LogP) is 1.03. The summed E-state index contributed by atoms with van der Waals surface area (Å²) < 4.78 is 0. The van der Waals surface area contributed by atoms with E-state index in [2.05, 4.69) is 5.32 Å². The van der Waals surface area contributed by atoms with Crippen LogP contribution in [0.5, 0.6) is 0 Å². The fourth-order valence-electron chi connectivity index (χ4n) is 1.44. The number of nitrogen functional groups attached to an aromatic ring is 1. The number of carbonyl (C=O) groups is 1. The number of nitrogens with zero attached hydrogens (tertiary/aromatic N) is 2. The van der Waals surface area contributed by atoms with Gasteiger partial charge in [-0.05, 0) is 25.1 Å². The van der Waals surface area contributed by atoms with E-state index >= 15 is 0 Å². The molecule has 0 aromatic heterocycles. The molecule has 1 rings (SSSR count). The number of carbonyl (C=O) groups excluding carboxylic acids is 1. The molecular formula is C12H16N4O. The summed E-state index contributed by atoms with van der Waals surface area (Å²) in [5, 5.41) is 11.9. The monoisotopic (exact) mass is 232 g/mol. The van der Waals surface area contributed by atoms with Crippen LogP contribution in [0.25, 0.3) is 0 Å². The third-order valence-corrected chi connectivity index (χ3v) is 2.37. The fourth-order valence-corrected chi connectivity index (χ4v) is 1.44. The zero-order valence-electron chi connectivity index (χ0n) is 10.2. The van der Waals surface area contributed by atoms with Crippen LogP contribution in [-0.4, -0.2) is 30.9 Å². The minimum absolute atomic E-state index is 0.0275. The molecule has 90 valence electrons. The van der Waals surface area contributed by atoms with Crippen molar-refractivity contribution < 1.29 is 4.79 Å². The minimum atomic E-state index is -0.347. The second-order valence-corrected chi connectivity index (χ2v) is 4.01. The Morgan fingerprint density at radius 1 is 1.53 bits per heavy atom. The lowest BCUT2D eigenvalue weighted by molar-refractivity contribution is -0.129. The quantitative estimate of drug-likeness (QED) is 0.762. The van der Waals surface area contributed by atoms with Crippen molar-refractivity contribution in [2.75, 3.05) is 25.1 Å². The summed E-state index contributed by atoms with van der Waals surface area (Å²) in [6, 6.07) is 6.68. The maximum atomic E-state index is 11.6. The first-order valence-corrected chi connectivity index (χ1v) is 5.23. The molecule has 0 aliphatic carbocycles. The van der Waals surface area contributed by atoms with Crippen molar-refractivity contribution in [3.63, 3.8) is 0 Å². The Morgan fingerprint density at radius 3 is 2.71 bits per heavy atom. The predicted molar refractivity (Wildman–Crippen MR) is 67.3 cm³/mol. The van der Waals surface area contributed by atoms with E-state index in [1.165, 1.54) is 4.90 Å². The smallest absolute Gasteiger partial charge is 0.244 e. The highest BCUT2D eigenvalue weighted by Crippen LogP contribution is 2.17. The second-order valence-electron chi connectivity index (χ2n) is 4.01. The van der Waals surface area contributed by atoms with E-state index in [9.17, 15) is 4.79 Å². The number of amides is 1. The lowest BCUT2D eigenvalue weighted by Crippen LogP contribution is -2.36. The Bertz CT molecular complexity index is 462. The van der Waals surface area contributed by atoms with E-state index in [-0.39, 0.29) is 11.9 Å². The lowest BCUT2D eigenvalue weighted by atomic mass is 10.1. The molecule has 1 aromatic rings. The van der Waals surface area contributed by atoms with Crippen LogP contribution in [-0.2, 0) is 4.79 Å². The number of nitriles is 1. The van der Waals surface area contributed by atoms with Crippen LogP contribution in [0.2, 0.25) is 0 Å². The topological polar surface area (TPSA) is 82.1 Å². The van der Waals surface area contributed by atoms with E-state index < -0.39 is 0 Å². The van der Waals surface area contributed by atoms with Crippen LogP contribution in [0.3, 0.4) is 0 Å². The van der Waals surface area contributed by atoms with E-state index in [0.29, 0.717) is 16.9 Å². The van der Waals surface area contributed by atoms with Gasteiger partial charge in [0.2, 0.25) is 5.91 Å². The number of hydrogen-bond donors (Lipinski definition) is 2. The van der Waals surface area contributed by atoms with Crippen molar-refractivity contribution >= 4 is 17.3 Å². The highest BCUT2D eigenvalue weighted by atomic mass is 16.2. The summed E-state index contributed by atoms with van der Waals surface area (Å²) in [6.45, 7) is 1.77. The highest BCUT2D eigenvalue weighted by Gasteiger charge is 2.14. The van der Waals surface area contributed by atoms with Gasteiger partial charge in [0, 0.05) is 25.5 Å². The molecular weight excluding hydrogens is 216 g/mol. The molecule has 0 fully saturated rings. The number of benzene rings is 1. The highest BCUT2D eigenvalue weighted by molar-refractivity contribution is 5.84. The number of likely N-dealkylation sites (N-methyl/N-ethyl adjacent to an activating group) is 1. The Morgan fingerprint density at radius 2 is 2.18 bits per heavy atom. The Hall–Kier alpha value is -2.22. The summed E-state index contributed by atoms with van der Waals surface area (Å²) in [6.07, 6.45) is 0. The molecule has 17 heavy (non-hydrogen) atoms. The third kappa shape index (κ3) is 3.11. The van der Waals surface area contributed by atoms with Gasteiger partial charge in [0.1, 0.15) is 12.1 Å². The summed E-state index contributed by atoms with van der Waals surface area (Å²) >= 11 is 0. The normalized spacial score (nSPS) is 11.4. The van der Waals surface area contributed by atoms with Crippen molar-refractivity contribution in [2.45, 2.75) is 13.0 Å². The van der Waals surface area contributed by atoms with Crippen molar-refractivity contribution in [1.29, 1.82) is 5.26 Å². The van der Waals surface area contributed by atoms with E-state index in [1.54, 1.807) is 39.2 Å². The number of rotatable bonds is 3. The maximum absolute atomic E-state index is 11.6. The van der Waals surface area contributed by atoms with Crippen molar-refractivity contribution in [1.82, 2.24) is 4.90 Å². The summed E-state index contributed by atoms with van der Waals surface area (Å²) in [7, 11) is 3.40. The van der Waals surface area contributed by atoms with E-state index in [1.807, 2.05) is 6.07 Å². The molecule has 1 amide bonds. The van der Waals surface area contributed by atoms with Crippen molar-refractivity contribution in [3.05, 3.63) is 23.8 Å². The molecule has 0 radical (unpaired) electrons. The average Bonchev–Trinajstić information content (AvgIpc) is 2.30. The summed E-state index contributed by atoms with van der Waals surface area (Å²) in [4.78, 5) is 13.2. The van der Waals surface area contributed by atoms with Gasteiger partial charge in [-0.3, -0.25) is 4.79 Å². The molecule has 0 saturated carbocycles. The molecule has 0 bridgehead atoms. The molecule has 0 spiro atoms. The molecule has 0 aliphatic heterocycles. The average molecular weight is 232 g/mol. The third-order valence-electron chi connectivity index (χ3n) is 2.37. The molecule has 1 atom stereocenters. The van der Waals surface area contributed by atoms with Gasteiger partial charge < -0.3 is 16.0 Å². The first-order chi connectivity index (χ1) is 7.95. The number of nitrogens with two attached hydrogens (primary N) is 1. The number of anilines is 2. The van der Waals surface area contributed by atoms with Crippen LogP contribution in [0.15, 0.2) is 18.2 Å². The Balaban J connectivity index is 2.83. The first kappa shape index (κ1) is 12.8. The summed E-state index contributed by atoms with van der Waals surface area (Å²) in [5.74, 6) is -0.0275. The number of hydrogen-bond acceptors (Lipinski definition) is 4. The van der Waals surface area contributed by atoms with Gasteiger partial charge in [-0.2, -0.15) is 5.26 Å². The molecule has 0 aliphatic rings. The van der Waals surface area contributed by atoms with Crippen molar-refractivity contribution in [3.8, 4) is 6.07 Å². The van der Waals surface area contributed by atoms with Crippen molar-refractivity contribution in [2.24, 2.45) is 0 Å². The van der Waals surface area contributed by atoms with E-state index in [0.717, 1.165) is 0 Å². The van der Waals surface area contributed by atoms with Crippen LogP contribution in [0.4, 0.5) is 11.4 Å². The standard InChI is InChI=1S/C12H16N4O/c1-8(12(17)16(2)3)15-10-4-5-11(14)9(6-10)7-13/h4-6,8,15H,14H2,1-3H3. The lowest BCUT2D eigenvalue weighted by Gasteiger charge is -2.19. The van der Waals surface area contributed by atoms with Gasteiger partial charge in [0.15, 0.2) is 0 Å². The molecule has 1 unspecified atom stereocenters. The largest absolute Gasteiger partial charge is 0.398 e. The number of nitrogens with one attached hydrogen (secondary N) is 1. The SMILES string of the molecule is CC(Nc1ccc(N)c(C#N)c1)C(=O)N(C)C. The Kier molecular flexibility index (Phi) is 3.94. The molecule has 1 aromatic carbocycles. The minimum Gasteiger partial charge on any atom is -0.398 e. The van der Waals surface area contributed by atoms with Gasteiger partial charge in [-0.1, -0.05) is 0 Å². The first-order valence-electron chi connectivity index (χ1n) is 5.23. The molecule has 0 saturated heterocycles. The molecule has 0 heterocycles.